The Hall–Kier alpha value is -1.98. The van der Waals surface area contributed by atoms with Crippen LogP contribution >= 0.6 is 0 Å². The Morgan fingerprint density at radius 2 is 1.87 bits per heavy atom. The molecule has 0 aliphatic carbocycles. The SMILES string of the molecule is CCCCOCCCNCc1cccc(Oc2ncccn2)c1. The molecule has 2 aromatic rings. The Kier molecular flexibility index (Phi) is 8.08. The molecule has 0 spiro atoms. The van der Waals surface area contributed by atoms with Gasteiger partial charge in [0, 0.05) is 32.2 Å². The number of nitrogens with one attached hydrogen (secondary N) is 1. The van der Waals surface area contributed by atoms with Crippen LogP contribution in [0.2, 0.25) is 0 Å². The molecule has 0 saturated carbocycles. The van der Waals surface area contributed by atoms with E-state index < -0.39 is 0 Å². The highest BCUT2D eigenvalue weighted by Crippen LogP contribution is 2.18. The summed E-state index contributed by atoms with van der Waals surface area (Å²) >= 11 is 0. The van der Waals surface area contributed by atoms with Crippen molar-refractivity contribution in [3.63, 3.8) is 0 Å². The van der Waals surface area contributed by atoms with E-state index in [0.29, 0.717) is 6.01 Å². The van der Waals surface area contributed by atoms with E-state index in [0.717, 1.165) is 44.9 Å². The van der Waals surface area contributed by atoms with E-state index in [-0.39, 0.29) is 0 Å². The van der Waals surface area contributed by atoms with Crippen LogP contribution in [0.1, 0.15) is 31.7 Å². The van der Waals surface area contributed by atoms with Gasteiger partial charge in [0.2, 0.25) is 0 Å². The lowest BCUT2D eigenvalue weighted by atomic mass is 10.2. The van der Waals surface area contributed by atoms with Crippen LogP contribution in [0.3, 0.4) is 0 Å². The molecule has 1 N–H and O–H groups in total. The first kappa shape index (κ1) is 17.4. The number of unbranched alkanes of at least 4 members (excludes halogenated alkanes) is 1. The number of hydrogen-bond acceptors (Lipinski definition) is 5. The van der Waals surface area contributed by atoms with Crippen molar-refractivity contribution in [2.75, 3.05) is 19.8 Å². The molecule has 5 nitrogen and oxygen atoms in total. The third-order valence-electron chi connectivity index (χ3n) is 3.26. The summed E-state index contributed by atoms with van der Waals surface area (Å²) in [6.45, 7) is 5.62. The van der Waals surface area contributed by atoms with Crippen molar-refractivity contribution in [3.05, 3.63) is 48.3 Å². The Morgan fingerprint density at radius 3 is 2.70 bits per heavy atom. The molecular formula is C18H25N3O2. The summed E-state index contributed by atoms with van der Waals surface area (Å²) in [7, 11) is 0. The van der Waals surface area contributed by atoms with Crippen molar-refractivity contribution in [1.82, 2.24) is 15.3 Å². The summed E-state index contributed by atoms with van der Waals surface area (Å²) in [5, 5.41) is 3.42. The second-order valence-electron chi connectivity index (χ2n) is 5.28. The largest absolute Gasteiger partial charge is 0.424 e. The smallest absolute Gasteiger partial charge is 0.321 e. The predicted octanol–water partition coefficient (Wildman–Crippen LogP) is 3.57. The first-order chi connectivity index (χ1) is 11.4. The molecule has 0 radical (unpaired) electrons. The topological polar surface area (TPSA) is 56.3 Å². The summed E-state index contributed by atoms with van der Waals surface area (Å²) in [5.74, 6) is 0.749. The van der Waals surface area contributed by atoms with Crippen molar-refractivity contribution < 1.29 is 9.47 Å². The van der Waals surface area contributed by atoms with Crippen LogP contribution in [-0.4, -0.2) is 29.7 Å². The summed E-state index contributed by atoms with van der Waals surface area (Å²) in [5.41, 5.74) is 1.17. The highest BCUT2D eigenvalue weighted by atomic mass is 16.5. The van der Waals surface area contributed by atoms with E-state index in [2.05, 4.69) is 28.3 Å². The normalized spacial score (nSPS) is 10.7. The van der Waals surface area contributed by atoms with Gasteiger partial charge in [-0.3, -0.25) is 0 Å². The maximum atomic E-state index is 5.63. The molecule has 23 heavy (non-hydrogen) atoms. The molecule has 124 valence electrons. The molecule has 0 bridgehead atoms. The standard InChI is InChI=1S/C18H25N3O2/c1-2-3-12-22-13-6-9-19-15-16-7-4-8-17(14-16)23-18-20-10-5-11-21-18/h4-5,7-8,10-11,14,19H,2-3,6,9,12-13,15H2,1H3. The molecule has 0 amide bonds. The summed E-state index contributed by atoms with van der Waals surface area (Å²) in [4.78, 5) is 8.12. The molecular weight excluding hydrogens is 290 g/mol. The number of ether oxygens (including phenoxy) is 2. The van der Waals surface area contributed by atoms with E-state index in [1.54, 1.807) is 18.5 Å². The van der Waals surface area contributed by atoms with Crippen molar-refractivity contribution >= 4 is 0 Å². The van der Waals surface area contributed by atoms with Crippen LogP contribution in [0.4, 0.5) is 0 Å². The second kappa shape index (κ2) is 10.7. The molecule has 1 heterocycles. The van der Waals surface area contributed by atoms with E-state index in [1.807, 2.05) is 18.2 Å². The summed E-state index contributed by atoms with van der Waals surface area (Å²) < 4.78 is 11.2. The quantitative estimate of drug-likeness (QED) is 0.643. The van der Waals surface area contributed by atoms with Crippen LogP contribution < -0.4 is 10.1 Å². The summed E-state index contributed by atoms with van der Waals surface area (Å²) in [6.07, 6.45) is 6.68. The third-order valence-corrected chi connectivity index (χ3v) is 3.26. The Labute approximate surface area is 138 Å². The minimum Gasteiger partial charge on any atom is -0.424 e. The predicted molar refractivity (Wildman–Crippen MR) is 90.6 cm³/mol. The monoisotopic (exact) mass is 315 g/mol. The van der Waals surface area contributed by atoms with Gasteiger partial charge in [-0.15, -0.1) is 0 Å². The lowest BCUT2D eigenvalue weighted by Gasteiger charge is -2.08. The molecule has 1 aromatic heterocycles. The molecule has 5 heteroatoms. The number of aromatic nitrogens is 2. The van der Waals surface area contributed by atoms with Gasteiger partial charge >= 0.3 is 6.01 Å². The Morgan fingerprint density at radius 1 is 1.04 bits per heavy atom. The minimum atomic E-state index is 0.363. The van der Waals surface area contributed by atoms with Gasteiger partial charge in [-0.05, 0) is 43.1 Å². The van der Waals surface area contributed by atoms with Crippen molar-refractivity contribution in [3.8, 4) is 11.8 Å². The Bertz CT molecular complexity index is 549. The zero-order valence-electron chi connectivity index (χ0n) is 13.7. The average molecular weight is 315 g/mol. The average Bonchev–Trinajstić information content (AvgIpc) is 2.58. The lowest BCUT2D eigenvalue weighted by Crippen LogP contribution is -2.16. The number of nitrogens with zero attached hydrogens (tertiary/aromatic N) is 2. The number of hydrogen-bond donors (Lipinski definition) is 1. The van der Waals surface area contributed by atoms with E-state index in [4.69, 9.17) is 9.47 Å². The molecule has 0 unspecified atom stereocenters. The van der Waals surface area contributed by atoms with Crippen LogP contribution in [0.5, 0.6) is 11.8 Å². The van der Waals surface area contributed by atoms with Gasteiger partial charge in [-0.25, -0.2) is 9.97 Å². The molecule has 0 fully saturated rings. The van der Waals surface area contributed by atoms with Gasteiger partial charge in [0.25, 0.3) is 0 Å². The van der Waals surface area contributed by atoms with Crippen LogP contribution in [0.25, 0.3) is 0 Å². The van der Waals surface area contributed by atoms with Crippen molar-refractivity contribution in [2.45, 2.75) is 32.7 Å². The third kappa shape index (κ3) is 7.21. The maximum absolute atomic E-state index is 5.63. The Balaban J connectivity index is 1.67. The van der Waals surface area contributed by atoms with Gasteiger partial charge in [0.05, 0.1) is 0 Å². The van der Waals surface area contributed by atoms with Crippen LogP contribution in [-0.2, 0) is 11.3 Å². The molecule has 0 saturated heterocycles. The minimum absolute atomic E-state index is 0.363. The number of benzene rings is 1. The first-order valence-corrected chi connectivity index (χ1v) is 8.21. The van der Waals surface area contributed by atoms with Gasteiger partial charge in [0.15, 0.2) is 0 Å². The van der Waals surface area contributed by atoms with E-state index in [9.17, 15) is 0 Å². The first-order valence-electron chi connectivity index (χ1n) is 8.21. The van der Waals surface area contributed by atoms with Gasteiger partial charge in [-0.2, -0.15) is 0 Å². The zero-order valence-corrected chi connectivity index (χ0v) is 13.7. The van der Waals surface area contributed by atoms with Crippen LogP contribution in [0, 0.1) is 0 Å². The van der Waals surface area contributed by atoms with Crippen molar-refractivity contribution in [1.29, 1.82) is 0 Å². The fourth-order valence-corrected chi connectivity index (χ4v) is 2.04. The van der Waals surface area contributed by atoms with Gasteiger partial charge in [-0.1, -0.05) is 25.5 Å². The molecule has 2 rings (SSSR count). The summed E-state index contributed by atoms with van der Waals surface area (Å²) in [6, 6.07) is 10.1. The molecule has 0 atom stereocenters. The highest BCUT2D eigenvalue weighted by molar-refractivity contribution is 5.30. The molecule has 0 aliphatic rings. The van der Waals surface area contributed by atoms with E-state index in [1.165, 1.54) is 12.0 Å². The fourth-order valence-electron chi connectivity index (χ4n) is 2.04. The molecule has 0 aliphatic heterocycles. The van der Waals surface area contributed by atoms with Gasteiger partial charge < -0.3 is 14.8 Å². The van der Waals surface area contributed by atoms with Gasteiger partial charge in [0.1, 0.15) is 5.75 Å². The molecule has 1 aromatic carbocycles. The fraction of sp³-hybridized carbons (Fsp3) is 0.444. The highest BCUT2D eigenvalue weighted by Gasteiger charge is 2.00. The van der Waals surface area contributed by atoms with Crippen LogP contribution in [0.15, 0.2) is 42.7 Å². The zero-order chi connectivity index (χ0) is 16.2. The second-order valence-corrected chi connectivity index (χ2v) is 5.28. The van der Waals surface area contributed by atoms with E-state index >= 15 is 0 Å². The lowest BCUT2D eigenvalue weighted by molar-refractivity contribution is 0.129. The van der Waals surface area contributed by atoms with Crippen molar-refractivity contribution in [2.24, 2.45) is 0 Å². The maximum Gasteiger partial charge on any atom is 0.321 e. The number of rotatable bonds is 11.